The molecule has 1 aromatic rings. The summed E-state index contributed by atoms with van der Waals surface area (Å²) in [5.41, 5.74) is 3.86. The summed E-state index contributed by atoms with van der Waals surface area (Å²) in [5.74, 6) is -2.33. The maximum absolute atomic E-state index is 13.7. The summed E-state index contributed by atoms with van der Waals surface area (Å²) in [7, 11) is 8.40. The number of piperidine rings is 4. The number of hydrogen-bond acceptors (Lipinski definition) is 20. The molecule has 1 aromatic carbocycles. The molecule has 5 saturated carbocycles. The van der Waals surface area contributed by atoms with Crippen LogP contribution in [-0.2, 0) is 62.2 Å². The van der Waals surface area contributed by atoms with Gasteiger partial charge in [-0.2, -0.15) is 0 Å². The number of nitro groups is 1. The maximum Gasteiger partial charge on any atom is 0.413 e. The zero-order valence-electron chi connectivity index (χ0n) is 70.3. The van der Waals surface area contributed by atoms with E-state index in [0.717, 1.165) is 19.3 Å². The third-order valence-corrected chi connectivity index (χ3v) is 25.5. The molecule has 17 atom stereocenters. The van der Waals surface area contributed by atoms with Crippen LogP contribution in [0.25, 0.3) is 0 Å². The van der Waals surface area contributed by atoms with Crippen molar-refractivity contribution in [1.82, 2.24) is 56.8 Å². The lowest BCUT2D eigenvalue weighted by molar-refractivity contribution is -0.384. The first-order chi connectivity index (χ1) is 51.0. The number of ketones is 1. The van der Waals surface area contributed by atoms with Crippen LogP contribution in [0.15, 0.2) is 24.3 Å². The summed E-state index contributed by atoms with van der Waals surface area (Å²) >= 11 is 0. The van der Waals surface area contributed by atoms with Crippen LogP contribution in [0.2, 0.25) is 0 Å². The summed E-state index contributed by atoms with van der Waals surface area (Å²) in [6, 6.07) is -2.38. The number of rotatable bonds is 18. The second kappa shape index (κ2) is 38.1. The summed E-state index contributed by atoms with van der Waals surface area (Å²) in [6.07, 6.45) is 2.56. The Labute approximate surface area is 694 Å². The topological polar surface area (TPSA) is 425 Å². The van der Waals surface area contributed by atoms with Gasteiger partial charge in [-0.05, 0) is 97.4 Å². The van der Waals surface area contributed by atoms with E-state index in [2.05, 4.69) is 92.6 Å². The molecule has 660 valence electrons. The van der Waals surface area contributed by atoms with Crippen LogP contribution in [0.3, 0.4) is 0 Å². The van der Waals surface area contributed by atoms with Crippen LogP contribution >= 0.6 is 12.4 Å². The lowest BCUT2D eigenvalue weighted by atomic mass is 9.80. The fourth-order valence-corrected chi connectivity index (χ4v) is 17.6. The number of amides is 11. The van der Waals surface area contributed by atoms with Crippen LogP contribution in [0.1, 0.15) is 194 Å². The maximum atomic E-state index is 13.7. The number of likely N-dealkylation sites (tertiary alicyclic amines) is 4. The molecule has 0 radical (unpaired) electrons. The molecule has 1 unspecified atom stereocenters. The van der Waals surface area contributed by atoms with Crippen molar-refractivity contribution in [3.8, 4) is 5.75 Å². The molecule has 0 spiro atoms. The molecule has 32 nitrogen and oxygen atoms in total. The fourth-order valence-electron chi connectivity index (χ4n) is 17.6. The van der Waals surface area contributed by atoms with Gasteiger partial charge in [-0.15, -0.1) is 12.4 Å². The molecule has 5 aliphatic carbocycles. The number of fused-ring (bicyclic) bond motifs is 4. The Balaban J connectivity index is 0.000000527. The number of urea groups is 2. The minimum Gasteiger partial charge on any atom is -0.467 e. The van der Waals surface area contributed by atoms with Crippen molar-refractivity contribution < 1.29 is 86.2 Å². The molecule has 33 heteroatoms. The van der Waals surface area contributed by atoms with Crippen LogP contribution < -0.4 is 47.7 Å². The first-order valence-electron chi connectivity index (χ1n) is 38.5. The first kappa shape index (κ1) is 104. The van der Waals surface area contributed by atoms with Gasteiger partial charge in [0.2, 0.25) is 35.3 Å². The van der Waals surface area contributed by atoms with Crippen molar-refractivity contribution >= 4 is 95.4 Å². The lowest BCUT2D eigenvalue weighted by Gasteiger charge is -2.38. The average molecular weight is 1660 g/mol. The predicted molar refractivity (Wildman–Crippen MR) is 443 cm³/mol. The number of halogens is 1. The number of nitro benzene ring substituents is 1. The Morgan fingerprint density at radius 2 is 0.793 bits per heavy atom. The molecule has 9 fully saturated rings. The van der Waals surface area contributed by atoms with Gasteiger partial charge >= 0.3 is 36.1 Å². The van der Waals surface area contributed by atoms with E-state index in [4.69, 9.17) is 24.7 Å². The van der Waals surface area contributed by atoms with Gasteiger partial charge in [0.25, 0.3) is 11.6 Å². The minimum atomic E-state index is -0.958. The number of methoxy groups -OCH3 is 3. The molecular formula is C83H142ClN13O19. The number of carbonyl (C=O) groups is 13. The Bertz CT molecular complexity index is 3760. The Morgan fingerprint density at radius 1 is 0.483 bits per heavy atom. The van der Waals surface area contributed by atoms with Crippen molar-refractivity contribution in [3.05, 3.63) is 34.4 Å². The van der Waals surface area contributed by atoms with E-state index in [1.807, 2.05) is 62.3 Å². The van der Waals surface area contributed by atoms with Gasteiger partial charge in [0.1, 0.15) is 48.0 Å². The van der Waals surface area contributed by atoms with Gasteiger partial charge in [0.05, 0.1) is 38.3 Å². The molecule has 4 aliphatic heterocycles. The molecule has 10 rings (SSSR count). The van der Waals surface area contributed by atoms with Gasteiger partial charge in [0.15, 0.2) is 0 Å². The smallest absolute Gasteiger partial charge is 0.413 e. The average Bonchev–Trinajstić information content (AvgIpc) is 1.54. The number of hydrogen-bond donors (Lipinski definition) is 8. The molecule has 0 aromatic heterocycles. The predicted octanol–water partition coefficient (Wildman–Crippen LogP) is 8.53. The highest BCUT2D eigenvalue weighted by Gasteiger charge is 2.74. The SMILES string of the molecule is C.C.C.C.CNC(=O)N[C@H](C(=O)N1C[C@H]2[C@@H]([C@H]1C(=O)NC(CC1CCC1)C(=O)C(=O)NC)C2(C)C)C(C)(C)C.CNC(=O)N[C@H](C(=O)N1C[C@H]2[C@@H]([C@H]1C(=O)OC)C2(C)C)C(C)(C)C.COC(=O)[C@@H]1[C@@H]2[C@H](CN1C(=O)[C@@H](N)C(C)(C)C)C2(C)C.COC(=O)[C@@H]1[C@@H]2[C@H](CN1C(=O)[C@@H](NC(=O)Oc1ccc([N+](=O)[O-])cc1)C(C)(C)C)C2(C)C.Cl. The largest absolute Gasteiger partial charge is 0.467 e. The third-order valence-electron chi connectivity index (χ3n) is 25.5. The van der Waals surface area contributed by atoms with E-state index in [9.17, 15) is 72.4 Å². The number of non-ortho nitro benzene ring substituents is 1. The normalized spacial score (nSPS) is 26.2. The van der Waals surface area contributed by atoms with E-state index in [1.54, 1.807) is 35.5 Å². The van der Waals surface area contributed by atoms with E-state index >= 15 is 0 Å². The monoisotopic (exact) mass is 1660 g/mol. The highest BCUT2D eigenvalue weighted by atomic mass is 35.5. The number of nitrogens with zero attached hydrogens (tertiary/aromatic N) is 5. The number of benzene rings is 1. The summed E-state index contributed by atoms with van der Waals surface area (Å²) in [6.45, 7) is 41.2. The Kier molecular flexibility index (Phi) is 34.0. The first-order valence-corrected chi connectivity index (χ1v) is 38.5. The summed E-state index contributed by atoms with van der Waals surface area (Å²) in [5, 5.41) is 29.0. The zero-order valence-corrected chi connectivity index (χ0v) is 71.2. The van der Waals surface area contributed by atoms with E-state index in [1.165, 1.54) is 71.6 Å². The molecule has 9 aliphatic rings. The van der Waals surface area contributed by atoms with Gasteiger partial charge in [0, 0.05) is 77.2 Å². The Hall–Kier alpha value is -8.42. The number of ether oxygens (including phenoxy) is 4. The number of carbonyl (C=O) groups excluding carboxylic acids is 13. The molecule has 11 amide bonds. The standard InChI is InChI=1S/C25H41N5O5.C22H29N3O7.C17H29N3O4.C15H26N2O3.4CH4.ClH/c1-24(2,3)19(29-23(35)27-7)22(34)30-12-14-16(25(14,4)5)17(30)20(32)28-15(11-13-9-8-10-13)18(31)21(33)26-6;1-21(2,3)17(23-20(28)32-13-9-7-12(8-10-13)25(29)30)18(26)24-11-14-15(22(14,4)5)16(24)19(27)31-6;1-16(2,3)12(19-15(23)18-6)13(21)20-8-9-10(17(9,4)5)11(20)14(22)24-7;1-14(2,3)11(16)12(18)17-7-8-9(15(8,4)5)10(17)13(19)20-6;;;;;/h13-17,19H,8-12H2,1-7H3,(H,26,33)(H,28,32)(H2,27,29,35);7-10,14-17H,11H2,1-6H3,(H,23,28);9-12H,8H2,1-7H3,(H2,18,19,23);8-11H,7,16H2,1-6H3;4*1H4;1H/t14-,15?,16-,17-,19+;14-,15-,16-,17+;9-,10-,11-,12+;8-,9-,10-,11+;;;;;/m0000...../s1. The van der Waals surface area contributed by atoms with Crippen molar-refractivity contribution in [2.24, 2.45) is 102 Å². The number of nitrogens with one attached hydrogen (secondary N) is 7. The van der Waals surface area contributed by atoms with E-state index in [-0.39, 0.29) is 152 Å². The van der Waals surface area contributed by atoms with Gasteiger partial charge in [-0.1, -0.05) is 187 Å². The molecule has 4 saturated heterocycles. The second-order valence-electron chi connectivity index (χ2n) is 38.1. The number of Topliss-reactive ketones (excluding diaryl/α,β-unsaturated/α-hetero) is 1. The zero-order chi connectivity index (χ0) is 84.2. The number of esters is 3. The molecular weight excluding hydrogens is 1520 g/mol. The van der Waals surface area contributed by atoms with Crippen LogP contribution in [0, 0.1) is 107 Å². The van der Waals surface area contributed by atoms with Gasteiger partial charge in [-0.3, -0.25) is 43.7 Å². The quantitative estimate of drug-likeness (QED) is 0.0224. The summed E-state index contributed by atoms with van der Waals surface area (Å²) in [4.78, 5) is 181. The highest BCUT2D eigenvalue weighted by molar-refractivity contribution is 6.38. The van der Waals surface area contributed by atoms with Crippen LogP contribution in [-0.4, -0.2) is 225 Å². The Morgan fingerprint density at radius 3 is 1.07 bits per heavy atom. The molecule has 0 bridgehead atoms. The van der Waals surface area contributed by atoms with Crippen molar-refractivity contribution in [2.75, 3.05) is 68.7 Å². The second-order valence-corrected chi connectivity index (χ2v) is 38.1. The lowest BCUT2D eigenvalue weighted by Crippen LogP contribution is -2.61. The fraction of sp³-hybridized carbons (Fsp3) is 0.771. The molecule has 4 heterocycles. The number of likely N-dealkylation sites (N-methyl/N-ethyl adjacent to an activating group) is 1. The third kappa shape index (κ3) is 21.5. The van der Waals surface area contributed by atoms with Gasteiger partial charge < -0.3 is 81.5 Å². The van der Waals surface area contributed by atoms with E-state index in [0.29, 0.717) is 50.4 Å². The van der Waals surface area contributed by atoms with Crippen molar-refractivity contribution in [2.45, 2.75) is 248 Å². The van der Waals surface area contributed by atoms with Crippen LogP contribution in [0.4, 0.5) is 20.1 Å². The molecule has 116 heavy (non-hydrogen) atoms. The van der Waals surface area contributed by atoms with Crippen molar-refractivity contribution in [3.63, 3.8) is 0 Å². The minimum absolute atomic E-state index is 0. The van der Waals surface area contributed by atoms with Crippen LogP contribution in [0.5, 0.6) is 5.75 Å². The van der Waals surface area contributed by atoms with E-state index < -0.39 is 117 Å². The van der Waals surface area contributed by atoms with Crippen molar-refractivity contribution in [1.29, 1.82) is 0 Å². The summed E-state index contributed by atoms with van der Waals surface area (Å²) < 4.78 is 20.0. The van der Waals surface area contributed by atoms with Gasteiger partial charge in [-0.25, -0.2) is 28.8 Å². The molecule has 9 N–H and O–H groups in total. The highest BCUT2D eigenvalue weighted by Crippen LogP contribution is 2.68. The number of nitrogens with two attached hydrogens (primary N) is 1.